The minimum Gasteiger partial charge on any atom is -0.480 e. The monoisotopic (exact) mass is 305 g/mol. The van der Waals surface area contributed by atoms with Crippen LogP contribution in [0.4, 0.5) is 4.39 Å². The van der Waals surface area contributed by atoms with E-state index in [2.05, 4.69) is 9.72 Å². The van der Waals surface area contributed by atoms with Crippen LogP contribution in [0.3, 0.4) is 0 Å². The summed E-state index contributed by atoms with van der Waals surface area (Å²) in [6.07, 6.45) is 1.37. The molecule has 0 aliphatic rings. The fourth-order valence-electron chi connectivity index (χ4n) is 1.90. The van der Waals surface area contributed by atoms with Crippen molar-refractivity contribution in [2.45, 2.75) is 0 Å². The molecule has 7 heteroatoms. The third-order valence-corrected chi connectivity index (χ3v) is 2.98. The lowest BCUT2D eigenvalue weighted by molar-refractivity contribution is 0.0594. The number of pyridine rings is 1. The van der Waals surface area contributed by atoms with E-state index in [1.807, 2.05) is 0 Å². The molecule has 0 amide bonds. The summed E-state index contributed by atoms with van der Waals surface area (Å²) < 4.78 is 23.0. The Labute approximate surface area is 125 Å². The van der Waals surface area contributed by atoms with Gasteiger partial charge in [0.2, 0.25) is 5.88 Å². The first-order valence-electron chi connectivity index (χ1n) is 6.13. The Morgan fingerprint density at radius 2 is 1.82 bits per heavy atom. The number of carboxylic acid groups (broad SMARTS) is 1. The summed E-state index contributed by atoms with van der Waals surface area (Å²) in [7, 11) is 2.45. The summed E-state index contributed by atoms with van der Waals surface area (Å²) in [5.41, 5.74) is 0.458. The van der Waals surface area contributed by atoms with Gasteiger partial charge in [-0.05, 0) is 23.8 Å². The predicted octanol–water partition coefficient (Wildman–Crippen LogP) is 2.38. The van der Waals surface area contributed by atoms with Gasteiger partial charge in [-0.25, -0.2) is 19.0 Å². The van der Waals surface area contributed by atoms with Gasteiger partial charge in [0.1, 0.15) is 11.4 Å². The van der Waals surface area contributed by atoms with E-state index in [0.717, 1.165) is 13.2 Å². The number of aromatic nitrogens is 1. The third kappa shape index (κ3) is 2.88. The number of methoxy groups -OCH3 is 2. The van der Waals surface area contributed by atoms with Gasteiger partial charge in [0.15, 0.2) is 0 Å². The molecule has 22 heavy (non-hydrogen) atoms. The first-order chi connectivity index (χ1) is 10.5. The maximum Gasteiger partial charge on any atom is 0.341 e. The van der Waals surface area contributed by atoms with Crippen LogP contribution in [-0.4, -0.2) is 36.2 Å². The van der Waals surface area contributed by atoms with Gasteiger partial charge in [-0.1, -0.05) is 6.07 Å². The van der Waals surface area contributed by atoms with Crippen LogP contribution in [0.2, 0.25) is 0 Å². The number of hydrogen-bond acceptors (Lipinski definition) is 5. The first kappa shape index (κ1) is 15.4. The zero-order valence-corrected chi connectivity index (χ0v) is 11.8. The van der Waals surface area contributed by atoms with E-state index < -0.39 is 17.8 Å². The number of benzene rings is 1. The fraction of sp³-hybridized carbons (Fsp3) is 0.133. The van der Waals surface area contributed by atoms with Crippen molar-refractivity contribution in [2.24, 2.45) is 0 Å². The van der Waals surface area contributed by atoms with Gasteiger partial charge in [-0.15, -0.1) is 0 Å². The SMILES string of the molecule is COC(=O)c1cc(-c2cnc(OC)c(C(=O)O)c2)ccc1F. The van der Waals surface area contributed by atoms with Crippen molar-refractivity contribution in [1.82, 2.24) is 4.98 Å². The Hall–Kier alpha value is -2.96. The van der Waals surface area contributed by atoms with Crippen molar-refractivity contribution in [2.75, 3.05) is 14.2 Å². The lowest BCUT2D eigenvalue weighted by Crippen LogP contribution is -2.05. The Morgan fingerprint density at radius 1 is 1.14 bits per heavy atom. The van der Waals surface area contributed by atoms with Crippen LogP contribution in [0, 0.1) is 5.82 Å². The van der Waals surface area contributed by atoms with E-state index in [1.54, 1.807) is 0 Å². The molecule has 0 spiro atoms. The summed E-state index contributed by atoms with van der Waals surface area (Å²) in [5.74, 6) is -2.79. The zero-order chi connectivity index (χ0) is 16.3. The topological polar surface area (TPSA) is 85.7 Å². The normalized spacial score (nSPS) is 10.1. The molecule has 114 valence electrons. The molecule has 2 rings (SSSR count). The molecular formula is C15H12FNO5. The van der Waals surface area contributed by atoms with Crippen LogP contribution in [0.15, 0.2) is 30.5 Å². The van der Waals surface area contributed by atoms with Gasteiger partial charge in [0.25, 0.3) is 0 Å². The number of nitrogens with zero attached hydrogens (tertiary/aromatic N) is 1. The highest BCUT2D eigenvalue weighted by Crippen LogP contribution is 2.26. The number of ether oxygens (including phenoxy) is 2. The van der Waals surface area contributed by atoms with Gasteiger partial charge < -0.3 is 14.6 Å². The lowest BCUT2D eigenvalue weighted by atomic mass is 10.0. The number of halogens is 1. The van der Waals surface area contributed by atoms with E-state index in [9.17, 15) is 14.0 Å². The molecule has 1 aromatic carbocycles. The number of carbonyl (C=O) groups is 2. The minimum atomic E-state index is -1.21. The van der Waals surface area contributed by atoms with E-state index in [4.69, 9.17) is 9.84 Å². The Kier molecular flexibility index (Phi) is 4.36. The van der Waals surface area contributed by atoms with Crippen molar-refractivity contribution in [1.29, 1.82) is 0 Å². The van der Waals surface area contributed by atoms with Crippen molar-refractivity contribution in [3.63, 3.8) is 0 Å². The van der Waals surface area contributed by atoms with E-state index in [-0.39, 0.29) is 17.0 Å². The molecule has 0 aliphatic heterocycles. The summed E-state index contributed by atoms with van der Waals surface area (Å²) in [4.78, 5) is 26.6. The Bertz CT molecular complexity index is 745. The molecule has 0 radical (unpaired) electrons. The van der Waals surface area contributed by atoms with Gasteiger partial charge in [0.05, 0.1) is 19.8 Å². The third-order valence-electron chi connectivity index (χ3n) is 2.98. The second kappa shape index (κ2) is 6.21. The molecule has 6 nitrogen and oxygen atoms in total. The molecule has 0 atom stereocenters. The minimum absolute atomic E-state index is 0.0356. The second-order valence-electron chi connectivity index (χ2n) is 4.27. The molecule has 1 N–H and O–H groups in total. The van der Waals surface area contributed by atoms with Gasteiger partial charge in [0, 0.05) is 11.8 Å². The Balaban J connectivity index is 2.55. The molecule has 1 heterocycles. The zero-order valence-electron chi connectivity index (χ0n) is 11.8. The highest BCUT2D eigenvalue weighted by Gasteiger charge is 2.17. The lowest BCUT2D eigenvalue weighted by Gasteiger charge is -2.08. The summed E-state index contributed by atoms with van der Waals surface area (Å²) in [5, 5.41) is 9.14. The quantitative estimate of drug-likeness (QED) is 0.873. The van der Waals surface area contributed by atoms with Crippen LogP contribution in [0.25, 0.3) is 11.1 Å². The standard InChI is InChI=1S/C15H12FNO5/c1-21-13-11(14(18)19)6-9(7-17-13)8-3-4-12(16)10(5-8)15(20)22-2/h3-7H,1-2H3,(H,18,19). The smallest absolute Gasteiger partial charge is 0.341 e. The average molecular weight is 305 g/mol. The predicted molar refractivity (Wildman–Crippen MR) is 74.5 cm³/mol. The largest absolute Gasteiger partial charge is 0.480 e. The van der Waals surface area contributed by atoms with Crippen LogP contribution >= 0.6 is 0 Å². The van der Waals surface area contributed by atoms with Crippen molar-refractivity contribution in [3.8, 4) is 17.0 Å². The summed E-state index contributed by atoms with van der Waals surface area (Å²) in [6.45, 7) is 0. The van der Waals surface area contributed by atoms with E-state index >= 15 is 0 Å². The second-order valence-corrected chi connectivity index (χ2v) is 4.27. The average Bonchev–Trinajstić information content (AvgIpc) is 2.53. The van der Waals surface area contributed by atoms with Crippen LogP contribution in [0.5, 0.6) is 5.88 Å². The molecule has 0 fully saturated rings. The number of carbonyl (C=O) groups excluding carboxylic acids is 1. The molecular weight excluding hydrogens is 293 g/mol. The molecule has 0 saturated carbocycles. The highest BCUT2D eigenvalue weighted by atomic mass is 19.1. The maximum absolute atomic E-state index is 13.6. The van der Waals surface area contributed by atoms with Gasteiger partial charge >= 0.3 is 11.9 Å². The van der Waals surface area contributed by atoms with Gasteiger partial charge in [-0.2, -0.15) is 0 Å². The number of aromatic carboxylic acids is 1. The van der Waals surface area contributed by atoms with Crippen LogP contribution in [-0.2, 0) is 4.74 Å². The number of carboxylic acids is 1. The number of esters is 1. The molecule has 0 saturated heterocycles. The van der Waals surface area contributed by atoms with E-state index in [1.165, 1.54) is 31.5 Å². The fourth-order valence-corrected chi connectivity index (χ4v) is 1.90. The molecule has 0 aliphatic carbocycles. The first-order valence-corrected chi connectivity index (χ1v) is 6.13. The molecule has 0 bridgehead atoms. The van der Waals surface area contributed by atoms with Crippen molar-refractivity contribution in [3.05, 3.63) is 47.4 Å². The number of rotatable bonds is 4. The maximum atomic E-state index is 13.6. The number of hydrogen-bond donors (Lipinski definition) is 1. The van der Waals surface area contributed by atoms with E-state index in [0.29, 0.717) is 11.1 Å². The van der Waals surface area contributed by atoms with Crippen LogP contribution < -0.4 is 4.74 Å². The van der Waals surface area contributed by atoms with Crippen LogP contribution in [0.1, 0.15) is 20.7 Å². The highest BCUT2D eigenvalue weighted by molar-refractivity contribution is 5.93. The molecule has 2 aromatic rings. The summed E-state index contributed by atoms with van der Waals surface area (Å²) in [6, 6.07) is 5.13. The molecule has 1 aromatic heterocycles. The van der Waals surface area contributed by atoms with Gasteiger partial charge in [-0.3, -0.25) is 0 Å². The summed E-state index contributed by atoms with van der Waals surface area (Å²) >= 11 is 0. The van der Waals surface area contributed by atoms with Crippen molar-refractivity contribution >= 4 is 11.9 Å². The molecule has 0 unspecified atom stereocenters. The Morgan fingerprint density at radius 3 is 2.41 bits per heavy atom. The van der Waals surface area contributed by atoms with Crippen molar-refractivity contribution < 1.29 is 28.6 Å².